The number of piperazine rings is 1. The highest BCUT2D eigenvalue weighted by molar-refractivity contribution is 6.34. The molecule has 0 atom stereocenters. The molecule has 3 rings (SSSR count). The van der Waals surface area contributed by atoms with Crippen molar-refractivity contribution in [2.24, 2.45) is 0 Å². The largest absolute Gasteiger partial charge is 0.416 e. The first-order valence-electron chi connectivity index (χ1n) is 8.77. The smallest absolute Gasteiger partial charge is 0.336 e. The van der Waals surface area contributed by atoms with Crippen LogP contribution in [-0.4, -0.2) is 46.8 Å². The lowest BCUT2D eigenvalue weighted by Crippen LogP contribution is -2.48. The van der Waals surface area contributed by atoms with E-state index in [9.17, 15) is 28.1 Å². The number of benzene rings is 2. The fourth-order valence-electron chi connectivity index (χ4n) is 3.17. The number of nitro benzene ring substituents is 1. The maximum Gasteiger partial charge on any atom is 0.416 e. The van der Waals surface area contributed by atoms with E-state index in [1.54, 1.807) is 11.0 Å². The summed E-state index contributed by atoms with van der Waals surface area (Å²) in [5.41, 5.74) is -0.143. The topological polar surface area (TPSA) is 66.7 Å². The van der Waals surface area contributed by atoms with Crippen molar-refractivity contribution in [1.29, 1.82) is 0 Å². The monoisotopic (exact) mass is 427 g/mol. The average Bonchev–Trinajstić information content (AvgIpc) is 2.67. The third-order valence-electron chi connectivity index (χ3n) is 4.71. The number of carbonyl (C=O) groups excluding carboxylic acids is 1. The van der Waals surface area contributed by atoms with Crippen molar-refractivity contribution in [1.82, 2.24) is 9.80 Å². The van der Waals surface area contributed by atoms with E-state index < -0.39 is 16.7 Å². The zero-order chi connectivity index (χ0) is 21.2. The molecule has 0 aromatic heterocycles. The van der Waals surface area contributed by atoms with Crippen molar-refractivity contribution in [3.8, 4) is 0 Å². The van der Waals surface area contributed by atoms with Crippen LogP contribution in [0.4, 0.5) is 18.9 Å². The van der Waals surface area contributed by atoms with Gasteiger partial charge in [-0.25, -0.2) is 0 Å². The number of amides is 1. The van der Waals surface area contributed by atoms with Crippen LogP contribution in [0.5, 0.6) is 0 Å². The number of nitrogens with zero attached hydrogens (tertiary/aromatic N) is 3. The van der Waals surface area contributed by atoms with Gasteiger partial charge in [-0.3, -0.25) is 19.8 Å². The minimum Gasteiger partial charge on any atom is -0.336 e. The van der Waals surface area contributed by atoms with Crippen molar-refractivity contribution in [3.05, 3.63) is 74.3 Å². The summed E-state index contributed by atoms with van der Waals surface area (Å²) in [4.78, 5) is 26.4. The van der Waals surface area contributed by atoms with Gasteiger partial charge in [-0.2, -0.15) is 13.2 Å². The Morgan fingerprint density at radius 1 is 1.10 bits per heavy atom. The second kappa shape index (κ2) is 8.38. The third-order valence-corrected chi connectivity index (χ3v) is 5.03. The lowest BCUT2D eigenvalue weighted by molar-refractivity contribution is -0.384. The fourth-order valence-corrected chi connectivity index (χ4v) is 3.43. The van der Waals surface area contributed by atoms with E-state index in [-0.39, 0.29) is 22.2 Å². The predicted octanol–water partition coefficient (Wildman–Crippen LogP) is 4.23. The van der Waals surface area contributed by atoms with Crippen molar-refractivity contribution in [2.45, 2.75) is 12.7 Å². The van der Waals surface area contributed by atoms with Crippen LogP contribution in [0.2, 0.25) is 5.02 Å². The van der Waals surface area contributed by atoms with E-state index in [0.717, 1.165) is 18.2 Å². The van der Waals surface area contributed by atoms with Gasteiger partial charge in [0, 0.05) is 44.9 Å². The summed E-state index contributed by atoms with van der Waals surface area (Å²) in [5, 5.41) is 10.8. The molecule has 1 aliphatic heterocycles. The Kier molecular flexibility index (Phi) is 6.09. The van der Waals surface area contributed by atoms with Crippen LogP contribution >= 0.6 is 11.6 Å². The minimum absolute atomic E-state index is 0.00981. The number of hydrogen-bond acceptors (Lipinski definition) is 4. The van der Waals surface area contributed by atoms with Crippen LogP contribution < -0.4 is 0 Å². The molecule has 0 spiro atoms. The number of non-ortho nitro benzene ring substituents is 1. The molecule has 1 saturated heterocycles. The molecule has 0 saturated carbocycles. The van der Waals surface area contributed by atoms with Gasteiger partial charge in [0.2, 0.25) is 0 Å². The Hall–Kier alpha value is -2.65. The van der Waals surface area contributed by atoms with Gasteiger partial charge < -0.3 is 4.90 Å². The Labute approximate surface area is 169 Å². The lowest BCUT2D eigenvalue weighted by Gasteiger charge is -2.35. The van der Waals surface area contributed by atoms with Crippen LogP contribution in [0.15, 0.2) is 42.5 Å². The van der Waals surface area contributed by atoms with Gasteiger partial charge in [0.05, 0.1) is 21.1 Å². The summed E-state index contributed by atoms with van der Waals surface area (Å²) in [7, 11) is 0. The number of alkyl halides is 3. The summed E-state index contributed by atoms with van der Waals surface area (Å²) in [6.07, 6.45) is -4.38. The summed E-state index contributed by atoms with van der Waals surface area (Å²) in [5.74, 6) is -0.330. The number of hydrogen-bond donors (Lipinski definition) is 0. The average molecular weight is 428 g/mol. The van der Waals surface area contributed by atoms with Gasteiger partial charge in [0.15, 0.2) is 0 Å². The summed E-state index contributed by atoms with van der Waals surface area (Å²) in [6.45, 7) is 2.10. The van der Waals surface area contributed by atoms with E-state index >= 15 is 0 Å². The quantitative estimate of drug-likeness (QED) is 0.541. The van der Waals surface area contributed by atoms with Crippen LogP contribution in [0.3, 0.4) is 0 Å². The molecule has 10 heteroatoms. The number of rotatable bonds is 4. The molecule has 6 nitrogen and oxygen atoms in total. The van der Waals surface area contributed by atoms with Gasteiger partial charge in [-0.05, 0) is 17.7 Å². The number of nitro groups is 1. The molecule has 0 bridgehead atoms. The highest BCUT2D eigenvalue weighted by Crippen LogP contribution is 2.30. The van der Waals surface area contributed by atoms with Crippen molar-refractivity contribution >= 4 is 23.2 Å². The molecule has 0 unspecified atom stereocenters. The molecule has 1 fully saturated rings. The minimum atomic E-state index is -4.38. The Morgan fingerprint density at radius 3 is 2.38 bits per heavy atom. The molecule has 0 aliphatic carbocycles. The van der Waals surface area contributed by atoms with E-state index in [1.165, 1.54) is 18.2 Å². The highest BCUT2D eigenvalue weighted by atomic mass is 35.5. The second-order valence-corrected chi connectivity index (χ2v) is 7.09. The first kappa shape index (κ1) is 21.1. The molecular formula is C19H17ClF3N3O3. The summed E-state index contributed by atoms with van der Waals surface area (Å²) < 4.78 is 38.5. The van der Waals surface area contributed by atoms with Crippen molar-refractivity contribution < 1.29 is 22.9 Å². The van der Waals surface area contributed by atoms with Gasteiger partial charge in [0.1, 0.15) is 0 Å². The molecule has 1 amide bonds. The molecule has 1 heterocycles. The normalized spacial score (nSPS) is 15.4. The molecule has 1 aliphatic rings. The highest BCUT2D eigenvalue weighted by Gasteiger charge is 2.30. The van der Waals surface area contributed by atoms with Crippen molar-refractivity contribution in [2.75, 3.05) is 26.2 Å². The van der Waals surface area contributed by atoms with Crippen molar-refractivity contribution in [3.63, 3.8) is 0 Å². The van der Waals surface area contributed by atoms with E-state index in [4.69, 9.17) is 11.6 Å². The third kappa shape index (κ3) is 5.04. The maximum absolute atomic E-state index is 12.8. The maximum atomic E-state index is 12.8. The predicted molar refractivity (Wildman–Crippen MR) is 101 cm³/mol. The Morgan fingerprint density at radius 2 is 1.79 bits per heavy atom. The van der Waals surface area contributed by atoms with Crippen LogP contribution in [0, 0.1) is 10.1 Å². The van der Waals surface area contributed by atoms with E-state index in [0.29, 0.717) is 38.3 Å². The molecule has 2 aromatic carbocycles. The fraction of sp³-hybridized carbons (Fsp3) is 0.316. The van der Waals surface area contributed by atoms with E-state index in [1.807, 2.05) is 4.90 Å². The molecule has 0 radical (unpaired) electrons. The standard InChI is InChI=1S/C19H17ClF3N3O3/c20-17-11-15(26(28)29)4-5-16(17)18(27)25-8-6-24(7-9-25)12-13-2-1-3-14(10-13)19(21,22)23/h1-5,10-11H,6-9,12H2. The number of carbonyl (C=O) groups is 1. The zero-order valence-corrected chi connectivity index (χ0v) is 15.9. The van der Waals surface area contributed by atoms with Gasteiger partial charge >= 0.3 is 6.18 Å². The van der Waals surface area contributed by atoms with Crippen LogP contribution in [0.1, 0.15) is 21.5 Å². The van der Waals surface area contributed by atoms with Gasteiger partial charge in [-0.15, -0.1) is 0 Å². The zero-order valence-electron chi connectivity index (χ0n) is 15.2. The van der Waals surface area contributed by atoms with Gasteiger partial charge in [0.25, 0.3) is 11.6 Å². The van der Waals surface area contributed by atoms with Crippen LogP contribution in [0.25, 0.3) is 0 Å². The Balaban J connectivity index is 1.61. The molecular weight excluding hydrogens is 411 g/mol. The Bertz CT molecular complexity index is 928. The first-order valence-corrected chi connectivity index (χ1v) is 9.14. The van der Waals surface area contributed by atoms with E-state index in [2.05, 4.69) is 0 Å². The summed E-state index contributed by atoms with van der Waals surface area (Å²) >= 11 is 6.02. The number of halogens is 4. The summed E-state index contributed by atoms with van der Waals surface area (Å²) in [6, 6.07) is 8.89. The molecule has 29 heavy (non-hydrogen) atoms. The SMILES string of the molecule is O=C(c1ccc([N+](=O)[O-])cc1Cl)N1CCN(Cc2cccc(C(F)(F)F)c2)CC1. The first-order chi connectivity index (χ1) is 13.6. The second-order valence-electron chi connectivity index (χ2n) is 6.69. The van der Waals surface area contributed by atoms with Crippen LogP contribution in [-0.2, 0) is 12.7 Å². The molecule has 2 aromatic rings. The molecule has 0 N–H and O–H groups in total. The molecule has 154 valence electrons. The van der Waals surface area contributed by atoms with Gasteiger partial charge in [-0.1, -0.05) is 29.8 Å². The lowest BCUT2D eigenvalue weighted by atomic mass is 10.1.